The minimum atomic E-state index is -3.75. The average molecular weight is 387 g/mol. The van der Waals surface area contributed by atoms with E-state index >= 15 is 0 Å². The van der Waals surface area contributed by atoms with Gasteiger partial charge in [0.05, 0.1) is 10.6 Å². The Labute approximate surface area is 161 Å². The molecule has 1 heterocycles. The molecule has 1 N–H and O–H groups in total. The summed E-state index contributed by atoms with van der Waals surface area (Å²) < 4.78 is 28.2. The normalized spacial score (nSPS) is 16.5. The van der Waals surface area contributed by atoms with Gasteiger partial charge in [-0.1, -0.05) is 38.1 Å². The third-order valence-electron chi connectivity index (χ3n) is 4.83. The SMILES string of the molecule is Cc1ccc(S(=O)(=O)N2c3ccccc3C[C@@H]2C)cc1C(=O)NCC(C)C. The Kier molecular flexibility index (Phi) is 5.29. The van der Waals surface area contributed by atoms with Crippen LogP contribution in [0.3, 0.4) is 0 Å². The molecule has 1 atom stereocenters. The van der Waals surface area contributed by atoms with E-state index < -0.39 is 10.0 Å². The number of nitrogens with one attached hydrogen (secondary N) is 1. The van der Waals surface area contributed by atoms with Gasteiger partial charge in [-0.2, -0.15) is 0 Å². The summed E-state index contributed by atoms with van der Waals surface area (Å²) in [5, 5.41) is 2.86. The van der Waals surface area contributed by atoms with Crippen LogP contribution in [0.4, 0.5) is 5.69 Å². The highest BCUT2D eigenvalue weighted by Crippen LogP contribution is 2.36. The van der Waals surface area contributed by atoms with Gasteiger partial charge < -0.3 is 5.32 Å². The molecule has 0 unspecified atom stereocenters. The van der Waals surface area contributed by atoms with Crippen molar-refractivity contribution in [3.05, 3.63) is 59.2 Å². The molecule has 27 heavy (non-hydrogen) atoms. The number of carbonyl (C=O) groups is 1. The number of fused-ring (bicyclic) bond motifs is 1. The van der Waals surface area contributed by atoms with E-state index in [0.29, 0.717) is 24.4 Å². The molecule has 0 spiro atoms. The van der Waals surface area contributed by atoms with E-state index in [1.807, 2.05) is 52.0 Å². The maximum absolute atomic E-state index is 13.4. The Morgan fingerprint density at radius 1 is 1.22 bits per heavy atom. The van der Waals surface area contributed by atoms with Crippen molar-refractivity contribution >= 4 is 21.6 Å². The standard InChI is InChI=1S/C21H26N2O3S/c1-14(2)13-22-21(24)19-12-18(10-9-15(19)3)27(25,26)23-16(4)11-17-7-5-6-8-20(17)23/h5-10,12,14,16H,11,13H2,1-4H3,(H,22,24)/t16-/m0/s1. The van der Waals surface area contributed by atoms with Crippen molar-refractivity contribution in [2.75, 3.05) is 10.8 Å². The van der Waals surface area contributed by atoms with Crippen molar-refractivity contribution in [1.82, 2.24) is 5.32 Å². The molecule has 3 rings (SSSR count). The highest BCUT2D eigenvalue weighted by atomic mass is 32.2. The van der Waals surface area contributed by atoms with Crippen LogP contribution in [0.2, 0.25) is 0 Å². The van der Waals surface area contributed by atoms with E-state index in [4.69, 9.17) is 0 Å². The molecule has 1 aliphatic rings. The molecule has 0 aromatic heterocycles. The fourth-order valence-electron chi connectivity index (χ4n) is 3.42. The van der Waals surface area contributed by atoms with Crippen molar-refractivity contribution in [3.63, 3.8) is 0 Å². The zero-order valence-electron chi connectivity index (χ0n) is 16.2. The fourth-order valence-corrected chi connectivity index (χ4v) is 5.13. The molecule has 0 radical (unpaired) electrons. The number of rotatable bonds is 5. The smallest absolute Gasteiger partial charge is 0.264 e. The zero-order chi connectivity index (χ0) is 19.8. The molecule has 0 fully saturated rings. The molecular formula is C21H26N2O3S. The molecule has 2 aromatic rings. The van der Waals surface area contributed by atoms with E-state index in [9.17, 15) is 13.2 Å². The summed E-state index contributed by atoms with van der Waals surface area (Å²) in [6.45, 7) is 8.29. The summed E-state index contributed by atoms with van der Waals surface area (Å²) in [5.74, 6) is 0.0799. The number of para-hydroxylation sites is 1. The van der Waals surface area contributed by atoms with Gasteiger partial charge in [0, 0.05) is 18.2 Å². The zero-order valence-corrected chi connectivity index (χ0v) is 17.0. The van der Waals surface area contributed by atoms with Gasteiger partial charge in [0.15, 0.2) is 0 Å². The second-order valence-corrected chi connectivity index (χ2v) is 9.38. The summed E-state index contributed by atoms with van der Waals surface area (Å²) >= 11 is 0. The summed E-state index contributed by atoms with van der Waals surface area (Å²) in [5.41, 5.74) is 2.90. The second kappa shape index (κ2) is 7.35. The maximum atomic E-state index is 13.4. The lowest BCUT2D eigenvalue weighted by molar-refractivity contribution is 0.0948. The number of hydrogen-bond acceptors (Lipinski definition) is 3. The summed E-state index contributed by atoms with van der Waals surface area (Å²) in [7, 11) is -3.75. The maximum Gasteiger partial charge on any atom is 0.264 e. The first-order chi connectivity index (χ1) is 12.7. The number of carbonyl (C=O) groups excluding carboxylic acids is 1. The minimum absolute atomic E-state index is 0.145. The molecule has 5 nitrogen and oxygen atoms in total. The molecule has 0 aliphatic carbocycles. The lowest BCUT2D eigenvalue weighted by Gasteiger charge is -2.25. The Hall–Kier alpha value is -2.34. The van der Waals surface area contributed by atoms with E-state index in [1.54, 1.807) is 12.1 Å². The van der Waals surface area contributed by atoms with Gasteiger partial charge in [-0.05, 0) is 55.5 Å². The van der Waals surface area contributed by atoms with Crippen LogP contribution in [-0.4, -0.2) is 26.9 Å². The Morgan fingerprint density at radius 2 is 1.93 bits per heavy atom. The van der Waals surface area contributed by atoms with E-state index in [1.165, 1.54) is 10.4 Å². The van der Waals surface area contributed by atoms with Gasteiger partial charge in [-0.3, -0.25) is 9.10 Å². The van der Waals surface area contributed by atoms with Crippen molar-refractivity contribution in [3.8, 4) is 0 Å². The lowest BCUT2D eigenvalue weighted by atomic mass is 10.1. The Bertz CT molecular complexity index is 967. The van der Waals surface area contributed by atoms with Crippen molar-refractivity contribution in [2.45, 2.75) is 45.1 Å². The quantitative estimate of drug-likeness (QED) is 0.855. The first-order valence-corrected chi connectivity index (χ1v) is 10.7. The summed E-state index contributed by atoms with van der Waals surface area (Å²) in [4.78, 5) is 12.7. The van der Waals surface area contributed by atoms with Crippen molar-refractivity contribution in [1.29, 1.82) is 0 Å². The third kappa shape index (κ3) is 3.72. The number of anilines is 1. The highest BCUT2D eigenvalue weighted by molar-refractivity contribution is 7.92. The predicted octanol–water partition coefficient (Wildman–Crippen LogP) is 3.52. The van der Waals surface area contributed by atoms with E-state index in [-0.39, 0.29) is 16.8 Å². The molecule has 1 amide bonds. The molecule has 144 valence electrons. The predicted molar refractivity (Wildman–Crippen MR) is 108 cm³/mol. The number of amides is 1. The lowest BCUT2D eigenvalue weighted by Crippen LogP contribution is -2.36. The van der Waals surface area contributed by atoms with Crippen LogP contribution in [-0.2, 0) is 16.4 Å². The monoisotopic (exact) mass is 386 g/mol. The van der Waals surface area contributed by atoms with Gasteiger partial charge in [0.25, 0.3) is 15.9 Å². The van der Waals surface area contributed by atoms with Gasteiger partial charge in [-0.25, -0.2) is 8.42 Å². The van der Waals surface area contributed by atoms with Gasteiger partial charge in [-0.15, -0.1) is 0 Å². The Morgan fingerprint density at radius 3 is 2.63 bits per heavy atom. The van der Waals surface area contributed by atoms with E-state index in [0.717, 1.165) is 16.8 Å². The first-order valence-electron chi connectivity index (χ1n) is 9.23. The van der Waals surface area contributed by atoms with Crippen LogP contribution >= 0.6 is 0 Å². The number of nitrogens with zero attached hydrogens (tertiary/aromatic N) is 1. The van der Waals surface area contributed by atoms with Gasteiger partial charge in [0.2, 0.25) is 0 Å². The number of benzene rings is 2. The average Bonchev–Trinajstić information content (AvgIpc) is 2.96. The minimum Gasteiger partial charge on any atom is -0.352 e. The van der Waals surface area contributed by atoms with Crippen LogP contribution in [0.5, 0.6) is 0 Å². The first kappa shape index (κ1) is 19.4. The topological polar surface area (TPSA) is 66.5 Å². The van der Waals surface area contributed by atoms with Crippen LogP contribution in [0.1, 0.15) is 42.3 Å². The molecule has 6 heteroatoms. The highest BCUT2D eigenvalue weighted by Gasteiger charge is 2.36. The molecule has 0 bridgehead atoms. The Balaban J connectivity index is 1.99. The molecule has 0 saturated heterocycles. The van der Waals surface area contributed by atoms with Gasteiger partial charge >= 0.3 is 0 Å². The molecule has 2 aromatic carbocycles. The third-order valence-corrected chi connectivity index (χ3v) is 6.75. The summed E-state index contributed by atoms with van der Waals surface area (Å²) in [6.07, 6.45) is 0.684. The number of aryl methyl sites for hydroxylation is 1. The van der Waals surface area contributed by atoms with Crippen molar-refractivity contribution in [2.24, 2.45) is 5.92 Å². The van der Waals surface area contributed by atoms with Crippen LogP contribution in [0, 0.1) is 12.8 Å². The largest absolute Gasteiger partial charge is 0.352 e. The fraction of sp³-hybridized carbons (Fsp3) is 0.381. The number of hydrogen-bond donors (Lipinski definition) is 1. The van der Waals surface area contributed by atoms with Crippen molar-refractivity contribution < 1.29 is 13.2 Å². The van der Waals surface area contributed by atoms with Gasteiger partial charge in [0.1, 0.15) is 0 Å². The molecule has 0 saturated carbocycles. The molecule has 1 aliphatic heterocycles. The second-order valence-electron chi connectivity index (χ2n) is 7.56. The molecular weight excluding hydrogens is 360 g/mol. The number of sulfonamides is 1. The van der Waals surface area contributed by atoms with Crippen LogP contribution in [0.25, 0.3) is 0 Å². The summed E-state index contributed by atoms with van der Waals surface area (Å²) in [6, 6.07) is 12.2. The van der Waals surface area contributed by atoms with Crippen LogP contribution in [0.15, 0.2) is 47.4 Å². The van der Waals surface area contributed by atoms with E-state index in [2.05, 4.69) is 5.32 Å². The van der Waals surface area contributed by atoms with Crippen LogP contribution < -0.4 is 9.62 Å².